The number of nitro groups is 2. The average molecular weight is 712 g/mol. The lowest BCUT2D eigenvalue weighted by atomic mass is 10.2. The van der Waals surface area contributed by atoms with Crippen molar-refractivity contribution in [3.05, 3.63) is 119 Å². The van der Waals surface area contributed by atoms with Crippen LogP contribution in [0.4, 0.5) is 11.4 Å². The summed E-state index contributed by atoms with van der Waals surface area (Å²) in [5.74, 6) is 0.605. The second-order valence-electron chi connectivity index (χ2n) is 8.87. The molecule has 0 fully saturated rings. The van der Waals surface area contributed by atoms with Gasteiger partial charge in [-0.1, -0.05) is 30.3 Å². The lowest BCUT2D eigenvalue weighted by Crippen LogP contribution is -2.17. The molecule has 0 bridgehead atoms. The van der Waals surface area contributed by atoms with Crippen molar-refractivity contribution in [1.82, 2.24) is 5.43 Å². The number of methoxy groups -OCH3 is 1. The van der Waals surface area contributed by atoms with E-state index in [2.05, 4.69) is 10.5 Å². The Kier molecular flexibility index (Phi) is 10.6. The number of halogens is 1. The number of benzene rings is 4. The molecule has 0 aliphatic rings. The second kappa shape index (κ2) is 14.8. The maximum Gasteiger partial charge on any atom is 0.318 e. The number of nitrogens with one attached hydrogen (secondary N) is 1. The maximum absolute atomic E-state index is 12.8. The number of carbonyl (C=O) groups excluding carboxylic acids is 1. The van der Waals surface area contributed by atoms with E-state index in [1.54, 1.807) is 30.3 Å². The van der Waals surface area contributed by atoms with Crippen LogP contribution < -0.4 is 24.4 Å². The first-order valence-corrected chi connectivity index (χ1v) is 14.0. The minimum absolute atomic E-state index is 0.157. The predicted molar refractivity (Wildman–Crippen MR) is 169 cm³/mol. The zero-order valence-electron chi connectivity index (χ0n) is 23.4. The van der Waals surface area contributed by atoms with Gasteiger partial charge in [-0.25, -0.2) is 5.43 Å². The van der Waals surface area contributed by atoms with Gasteiger partial charge in [0.1, 0.15) is 6.61 Å². The van der Waals surface area contributed by atoms with Crippen LogP contribution in [0.25, 0.3) is 0 Å². The lowest BCUT2D eigenvalue weighted by Gasteiger charge is -2.13. The van der Waals surface area contributed by atoms with Crippen molar-refractivity contribution in [3.8, 4) is 28.7 Å². The summed E-state index contributed by atoms with van der Waals surface area (Å²) in [5, 5.41) is 26.6. The largest absolute Gasteiger partial charge is 0.493 e. The molecule has 226 valence electrons. The fourth-order valence-corrected chi connectivity index (χ4v) is 4.61. The SMILES string of the molecule is CCOc1cc(C(=O)N/N=C/c2cc(I)c(Oc3ccc([N+](=O)[O-])cc3[N+](=O)[O-])c(OC)c2)ccc1OCc1ccccc1. The van der Waals surface area contributed by atoms with E-state index in [4.69, 9.17) is 18.9 Å². The van der Waals surface area contributed by atoms with Crippen molar-refractivity contribution < 1.29 is 33.6 Å². The van der Waals surface area contributed by atoms with Crippen molar-refractivity contribution in [2.24, 2.45) is 5.10 Å². The summed E-state index contributed by atoms with van der Waals surface area (Å²) >= 11 is 1.95. The summed E-state index contributed by atoms with van der Waals surface area (Å²) in [4.78, 5) is 33.9. The summed E-state index contributed by atoms with van der Waals surface area (Å²) < 4.78 is 23.2. The van der Waals surface area contributed by atoms with Crippen LogP contribution in [0.15, 0.2) is 84.0 Å². The molecule has 14 heteroatoms. The highest BCUT2D eigenvalue weighted by molar-refractivity contribution is 14.1. The first-order chi connectivity index (χ1) is 21.2. The number of carbonyl (C=O) groups is 1. The monoisotopic (exact) mass is 712 g/mol. The van der Waals surface area contributed by atoms with Gasteiger partial charge >= 0.3 is 5.69 Å². The molecule has 0 aliphatic carbocycles. The number of nitro benzene ring substituents is 2. The number of rotatable bonds is 13. The maximum atomic E-state index is 12.8. The number of amides is 1. The molecule has 0 unspecified atom stereocenters. The Morgan fingerprint density at radius 1 is 0.909 bits per heavy atom. The summed E-state index contributed by atoms with van der Waals surface area (Å²) in [5.41, 5.74) is 3.27. The Morgan fingerprint density at radius 2 is 1.66 bits per heavy atom. The van der Waals surface area contributed by atoms with Crippen LogP contribution in [-0.4, -0.2) is 35.7 Å². The number of non-ortho nitro benzene ring substituents is 1. The molecule has 0 aliphatic heterocycles. The van der Waals surface area contributed by atoms with E-state index in [1.165, 1.54) is 13.3 Å². The molecule has 4 rings (SSSR count). The second-order valence-corrected chi connectivity index (χ2v) is 10.0. The molecule has 44 heavy (non-hydrogen) atoms. The van der Waals surface area contributed by atoms with Gasteiger partial charge in [0.2, 0.25) is 5.75 Å². The highest BCUT2D eigenvalue weighted by atomic mass is 127. The summed E-state index contributed by atoms with van der Waals surface area (Å²) in [6, 6.07) is 20.8. The smallest absolute Gasteiger partial charge is 0.318 e. The van der Waals surface area contributed by atoms with Crippen LogP contribution in [0.3, 0.4) is 0 Å². The van der Waals surface area contributed by atoms with Crippen LogP contribution in [-0.2, 0) is 6.61 Å². The third kappa shape index (κ3) is 7.97. The highest BCUT2D eigenvalue weighted by Gasteiger charge is 2.23. The molecule has 1 N–H and O–H groups in total. The zero-order chi connectivity index (χ0) is 31.6. The van der Waals surface area contributed by atoms with Gasteiger partial charge in [-0.15, -0.1) is 0 Å². The Labute approximate surface area is 264 Å². The fourth-order valence-electron chi connectivity index (χ4n) is 3.87. The van der Waals surface area contributed by atoms with Gasteiger partial charge in [-0.2, -0.15) is 5.10 Å². The van der Waals surface area contributed by atoms with Gasteiger partial charge in [0, 0.05) is 11.6 Å². The molecular formula is C30H25IN4O9. The molecule has 0 atom stereocenters. The Hall–Kier alpha value is -5.25. The zero-order valence-corrected chi connectivity index (χ0v) is 25.5. The normalized spacial score (nSPS) is 10.7. The molecule has 13 nitrogen and oxygen atoms in total. The van der Waals surface area contributed by atoms with E-state index in [9.17, 15) is 25.0 Å². The third-order valence-corrected chi connectivity index (χ3v) is 6.74. The van der Waals surface area contributed by atoms with Crippen LogP contribution in [0, 0.1) is 23.8 Å². The van der Waals surface area contributed by atoms with Crippen LogP contribution in [0.1, 0.15) is 28.4 Å². The van der Waals surface area contributed by atoms with Crippen molar-refractivity contribution in [2.45, 2.75) is 13.5 Å². The predicted octanol–water partition coefficient (Wildman–Crippen LogP) is 6.65. The Morgan fingerprint density at radius 3 is 2.34 bits per heavy atom. The van der Waals surface area contributed by atoms with Gasteiger partial charge in [0.15, 0.2) is 23.0 Å². The first kappa shape index (κ1) is 31.7. The van der Waals surface area contributed by atoms with Gasteiger partial charge in [0.25, 0.3) is 11.6 Å². The Balaban J connectivity index is 1.47. The minimum Gasteiger partial charge on any atom is -0.493 e. The van der Waals surface area contributed by atoms with E-state index in [0.29, 0.717) is 39.4 Å². The number of ether oxygens (including phenoxy) is 4. The molecule has 1 amide bonds. The standard InChI is InChI=1S/C30H25IN4O9/c1-3-42-27-15-21(9-11-26(27)43-18-19-7-5-4-6-8-19)30(36)33-32-17-20-13-23(31)29(28(14-20)41-2)44-25-12-10-22(34(37)38)16-24(25)35(39)40/h4-17H,3,18H2,1-2H3,(H,33,36)/b32-17+. The van der Waals surface area contributed by atoms with Crippen LogP contribution in [0.5, 0.6) is 28.7 Å². The lowest BCUT2D eigenvalue weighted by molar-refractivity contribution is -0.394. The number of hydrogen-bond donors (Lipinski definition) is 1. The molecular weight excluding hydrogens is 687 g/mol. The Bertz CT molecular complexity index is 1710. The van der Waals surface area contributed by atoms with Gasteiger partial charge in [0.05, 0.1) is 39.4 Å². The number of hydrogen-bond acceptors (Lipinski definition) is 10. The van der Waals surface area contributed by atoms with Crippen LogP contribution in [0.2, 0.25) is 0 Å². The number of nitrogens with zero attached hydrogens (tertiary/aromatic N) is 3. The van der Waals surface area contributed by atoms with Crippen molar-refractivity contribution in [3.63, 3.8) is 0 Å². The van der Waals surface area contributed by atoms with E-state index in [1.807, 2.05) is 59.8 Å². The summed E-state index contributed by atoms with van der Waals surface area (Å²) in [6.07, 6.45) is 1.39. The average Bonchev–Trinajstić information content (AvgIpc) is 3.02. The summed E-state index contributed by atoms with van der Waals surface area (Å²) in [6.45, 7) is 2.55. The molecule has 0 saturated heterocycles. The molecule has 0 heterocycles. The molecule has 0 spiro atoms. The highest BCUT2D eigenvalue weighted by Crippen LogP contribution is 2.41. The van der Waals surface area contributed by atoms with Crippen LogP contribution >= 0.6 is 22.6 Å². The number of hydrazone groups is 1. The summed E-state index contributed by atoms with van der Waals surface area (Å²) in [7, 11) is 1.38. The van der Waals surface area contributed by atoms with Gasteiger partial charge < -0.3 is 18.9 Å². The fraction of sp³-hybridized carbons (Fsp3) is 0.133. The third-order valence-electron chi connectivity index (χ3n) is 5.94. The van der Waals surface area contributed by atoms with Crippen molar-refractivity contribution >= 4 is 46.1 Å². The topological polar surface area (TPSA) is 165 Å². The first-order valence-electron chi connectivity index (χ1n) is 12.9. The van der Waals surface area contributed by atoms with E-state index >= 15 is 0 Å². The van der Waals surface area contributed by atoms with E-state index in [-0.39, 0.29) is 17.2 Å². The molecule has 4 aromatic rings. The quantitative estimate of drug-likeness (QED) is 0.0692. The minimum atomic E-state index is -0.770. The van der Waals surface area contributed by atoms with E-state index < -0.39 is 27.1 Å². The van der Waals surface area contributed by atoms with Gasteiger partial charge in [-0.05, 0) is 77.0 Å². The van der Waals surface area contributed by atoms with Gasteiger partial charge in [-0.3, -0.25) is 25.0 Å². The molecule has 0 radical (unpaired) electrons. The van der Waals surface area contributed by atoms with Crippen molar-refractivity contribution in [2.75, 3.05) is 13.7 Å². The molecule has 4 aromatic carbocycles. The molecule has 0 saturated carbocycles. The van der Waals surface area contributed by atoms with E-state index in [0.717, 1.165) is 23.8 Å². The van der Waals surface area contributed by atoms with Crippen molar-refractivity contribution in [1.29, 1.82) is 0 Å². The molecule has 0 aromatic heterocycles.